The van der Waals surface area contributed by atoms with Gasteiger partial charge in [-0.3, -0.25) is 4.57 Å². The first-order valence-corrected chi connectivity index (χ1v) is 8.98. The Hall–Kier alpha value is -3.35. The molecule has 2 N–H and O–H groups in total. The number of hydrogen-bond acceptors (Lipinski definition) is 5. The normalized spacial score (nSPS) is 11.2. The summed E-state index contributed by atoms with van der Waals surface area (Å²) in [6.07, 6.45) is 3.52. The number of methoxy groups -OCH3 is 1. The molecule has 7 nitrogen and oxygen atoms in total. The van der Waals surface area contributed by atoms with Crippen LogP contribution in [0.4, 0.5) is 11.5 Å². The molecule has 2 aromatic carbocycles. The fourth-order valence-corrected chi connectivity index (χ4v) is 3.16. The minimum Gasteiger partial charge on any atom is -0.497 e. The molecule has 0 radical (unpaired) electrons. The van der Waals surface area contributed by atoms with Crippen molar-refractivity contribution >= 4 is 33.4 Å². The van der Waals surface area contributed by atoms with Crippen molar-refractivity contribution in [2.24, 2.45) is 0 Å². The summed E-state index contributed by atoms with van der Waals surface area (Å²) < 4.78 is 6.96. The highest BCUT2D eigenvalue weighted by molar-refractivity contribution is 5.99. The zero-order valence-corrected chi connectivity index (χ0v) is 15.3. The van der Waals surface area contributed by atoms with Crippen LogP contribution < -0.4 is 15.7 Å². The molecule has 2 heterocycles. The number of nitrogens with zero attached hydrogens (tertiary/aromatic N) is 3. The predicted octanol–water partition coefficient (Wildman–Crippen LogP) is 3.83. The zero-order chi connectivity index (χ0) is 18.8. The lowest BCUT2D eigenvalue weighted by Gasteiger charge is -2.09. The van der Waals surface area contributed by atoms with Crippen LogP contribution in [0.15, 0.2) is 47.5 Å². The monoisotopic (exact) mass is 363 g/mol. The van der Waals surface area contributed by atoms with E-state index in [2.05, 4.69) is 27.2 Å². The lowest BCUT2D eigenvalue weighted by Crippen LogP contribution is -2.16. The van der Waals surface area contributed by atoms with Crippen molar-refractivity contribution in [3.8, 4) is 5.75 Å². The van der Waals surface area contributed by atoms with Gasteiger partial charge in [0.1, 0.15) is 17.9 Å². The van der Waals surface area contributed by atoms with E-state index < -0.39 is 0 Å². The van der Waals surface area contributed by atoms with E-state index in [-0.39, 0.29) is 5.69 Å². The Morgan fingerprint density at radius 1 is 1.19 bits per heavy atom. The molecule has 7 heteroatoms. The highest BCUT2D eigenvalue weighted by Gasteiger charge is 2.11. The van der Waals surface area contributed by atoms with Crippen molar-refractivity contribution in [1.29, 1.82) is 0 Å². The number of fused-ring (bicyclic) bond motifs is 2. The summed E-state index contributed by atoms with van der Waals surface area (Å²) in [5.74, 6) is 1.48. The second kappa shape index (κ2) is 7.11. The number of hydrogen-bond donors (Lipinski definition) is 2. The first-order valence-electron chi connectivity index (χ1n) is 8.98. The van der Waals surface area contributed by atoms with Crippen molar-refractivity contribution in [2.75, 3.05) is 12.4 Å². The van der Waals surface area contributed by atoms with Gasteiger partial charge in [-0.05, 0) is 42.8 Å². The van der Waals surface area contributed by atoms with Crippen LogP contribution in [0.5, 0.6) is 5.75 Å². The number of H-pyrrole nitrogens is 1. The molecule has 2 aromatic heterocycles. The van der Waals surface area contributed by atoms with Gasteiger partial charge in [-0.15, -0.1) is 0 Å². The van der Waals surface area contributed by atoms with Gasteiger partial charge in [0.15, 0.2) is 0 Å². The van der Waals surface area contributed by atoms with Gasteiger partial charge in [-0.25, -0.2) is 14.8 Å². The standard InChI is InChI=1S/C20H21N5O2/c1-3-4-9-25-18-11-16-15(10-17(18)24-20(25)26)19(22-12-21-16)23-13-5-7-14(27-2)8-6-13/h5-8,10-12H,3-4,9H2,1-2H3,(H,24,26)(H,21,22,23). The predicted molar refractivity (Wildman–Crippen MR) is 107 cm³/mol. The maximum Gasteiger partial charge on any atom is 0.326 e. The highest BCUT2D eigenvalue weighted by atomic mass is 16.5. The minimum absolute atomic E-state index is 0.0913. The van der Waals surface area contributed by atoms with E-state index in [0.29, 0.717) is 12.4 Å². The van der Waals surface area contributed by atoms with Crippen molar-refractivity contribution < 1.29 is 4.74 Å². The van der Waals surface area contributed by atoms with E-state index in [1.807, 2.05) is 36.4 Å². The molecular formula is C20H21N5O2. The summed E-state index contributed by atoms with van der Waals surface area (Å²) in [6, 6.07) is 11.5. The molecule has 0 bridgehead atoms. The van der Waals surface area contributed by atoms with Crippen molar-refractivity contribution in [1.82, 2.24) is 19.5 Å². The smallest absolute Gasteiger partial charge is 0.326 e. The number of imidazole rings is 1. The molecule has 138 valence electrons. The number of unbranched alkanes of at least 4 members (excludes halogenated alkanes) is 1. The summed E-state index contributed by atoms with van der Waals surface area (Å²) in [4.78, 5) is 24.0. The van der Waals surface area contributed by atoms with Gasteiger partial charge >= 0.3 is 5.69 Å². The molecule has 4 rings (SSSR count). The Kier molecular flexibility index (Phi) is 4.50. The average molecular weight is 363 g/mol. The van der Waals surface area contributed by atoms with Crippen LogP contribution in [0, 0.1) is 0 Å². The maximum atomic E-state index is 12.3. The van der Waals surface area contributed by atoms with Crippen LogP contribution in [0.3, 0.4) is 0 Å². The number of aryl methyl sites for hydroxylation is 1. The third-order valence-electron chi connectivity index (χ3n) is 4.62. The van der Waals surface area contributed by atoms with Gasteiger partial charge in [0, 0.05) is 17.6 Å². The van der Waals surface area contributed by atoms with Gasteiger partial charge in [0.2, 0.25) is 0 Å². The number of nitrogens with one attached hydrogen (secondary N) is 2. The molecule has 0 amide bonds. The van der Waals surface area contributed by atoms with E-state index in [4.69, 9.17) is 4.74 Å². The van der Waals surface area contributed by atoms with Gasteiger partial charge in [0.05, 0.1) is 23.7 Å². The molecule has 0 atom stereocenters. The lowest BCUT2D eigenvalue weighted by molar-refractivity contribution is 0.415. The van der Waals surface area contributed by atoms with Crippen molar-refractivity contribution in [2.45, 2.75) is 26.3 Å². The molecular weight excluding hydrogens is 342 g/mol. The van der Waals surface area contributed by atoms with Crippen molar-refractivity contribution in [3.05, 3.63) is 53.2 Å². The summed E-state index contributed by atoms with van der Waals surface area (Å²) >= 11 is 0. The largest absolute Gasteiger partial charge is 0.497 e. The third kappa shape index (κ3) is 3.23. The Balaban J connectivity index is 1.78. The van der Waals surface area contributed by atoms with E-state index in [0.717, 1.165) is 46.2 Å². The van der Waals surface area contributed by atoms with Gasteiger partial charge < -0.3 is 15.0 Å². The number of rotatable bonds is 6. The molecule has 0 aliphatic carbocycles. The highest BCUT2D eigenvalue weighted by Crippen LogP contribution is 2.27. The molecule has 27 heavy (non-hydrogen) atoms. The Morgan fingerprint density at radius 2 is 2.00 bits per heavy atom. The van der Waals surface area contributed by atoms with Crippen LogP contribution in [0.25, 0.3) is 21.9 Å². The second-order valence-corrected chi connectivity index (χ2v) is 6.40. The van der Waals surface area contributed by atoms with E-state index in [1.165, 1.54) is 6.33 Å². The van der Waals surface area contributed by atoms with Crippen LogP contribution in [-0.4, -0.2) is 26.6 Å². The van der Waals surface area contributed by atoms with E-state index in [9.17, 15) is 4.79 Å². The minimum atomic E-state index is -0.0913. The molecule has 0 aliphatic heterocycles. The van der Waals surface area contributed by atoms with E-state index >= 15 is 0 Å². The van der Waals surface area contributed by atoms with Crippen LogP contribution >= 0.6 is 0 Å². The maximum absolute atomic E-state index is 12.3. The molecule has 0 fully saturated rings. The Labute approximate surface area is 156 Å². The fraction of sp³-hybridized carbons (Fsp3) is 0.250. The van der Waals surface area contributed by atoms with Crippen molar-refractivity contribution in [3.63, 3.8) is 0 Å². The average Bonchev–Trinajstić information content (AvgIpc) is 2.99. The quantitative estimate of drug-likeness (QED) is 0.544. The number of aromatic amines is 1. The van der Waals surface area contributed by atoms with Crippen LogP contribution in [-0.2, 0) is 6.54 Å². The first-order chi connectivity index (χ1) is 13.2. The summed E-state index contributed by atoms with van der Waals surface area (Å²) in [5, 5.41) is 4.16. The molecule has 4 aromatic rings. The van der Waals surface area contributed by atoms with Crippen LogP contribution in [0.1, 0.15) is 19.8 Å². The third-order valence-corrected chi connectivity index (χ3v) is 4.62. The van der Waals surface area contributed by atoms with E-state index in [1.54, 1.807) is 11.7 Å². The first kappa shape index (κ1) is 17.1. The topological polar surface area (TPSA) is 84.8 Å². The molecule has 0 aliphatic rings. The summed E-state index contributed by atoms with van der Waals surface area (Å²) in [6.45, 7) is 2.81. The lowest BCUT2D eigenvalue weighted by atomic mass is 10.2. The number of aromatic nitrogens is 4. The molecule has 0 unspecified atom stereocenters. The summed E-state index contributed by atoms with van der Waals surface area (Å²) in [7, 11) is 1.64. The summed E-state index contributed by atoms with van der Waals surface area (Å²) in [5.41, 5.74) is 3.25. The number of anilines is 2. The van der Waals surface area contributed by atoms with Crippen LogP contribution in [0.2, 0.25) is 0 Å². The second-order valence-electron chi connectivity index (χ2n) is 6.40. The molecule has 0 saturated carbocycles. The molecule has 0 saturated heterocycles. The number of benzene rings is 2. The Morgan fingerprint density at radius 3 is 2.74 bits per heavy atom. The number of ether oxygens (including phenoxy) is 1. The van der Waals surface area contributed by atoms with Gasteiger partial charge in [-0.1, -0.05) is 13.3 Å². The fourth-order valence-electron chi connectivity index (χ4n) is 3.16. The molecule has 0 spiro atoms. The van der Waals surface area contributed by atoms with Gasteiger partial charge in [0.25, 0.3) is 0 Å². The van der Waals surface area contributed by atoms with Gasteiger partial charge in [-0.2, -0.15) is 0 Å². The Bertz CT molecular complexity index is 1140. The zero-order valence-electron chi connectivity index (χ0n) is 15.3. The SMILES string of the molecule is CCCCn1c(=O)[nH]c2cc3c(Nc4ccc(OC)cc4)ncnc3cc21.